The van der Waals surface area contributed by atoms with Crippen molar-refractivity contribution in [1.82, 2.24) is 10.2 Å². The van der Waals surface area contributed by atoms with Crippen LogP contribution in [0, 0.1) is 12.7 Å². The number of carboxylic acid groups (broad SMARTS) is 1. The number of halogens is 1. The van der Waals surface area contributed by atoms with Crippen LogP contribution in [0.3, 0.4) is 0 Å². The van der Waals surface area contributed by atoms with Gasteiger partial charge in [-0.25, -0.2) is 9.18 Å². The summed E-state index contributed by atoms with van der Waals surface area (Å²) >= 11 is 0. The van der Waals surface area contributed by atoms with E-state index in [1.807, 2.05) is 0 Å². The first-order valence-corrected chi connectivity index (χ1v) is 5.79. The van der Waals surface area contributed by atoms with E-state index >= 15 is 0 Å². The lowest BCUT2D eigenvalue weighted by Crippen LogP contribution is -1.97. The number of hydrogen-bond donors (Lipinski definition) is 3. The molecule has 0 saturated heterocycles. The topological polar surface area (TPSA) is 91.2 Å². The summed E-state index contributed by atoms with van der Waals surface area (Å²) in [5.41, 5.74) is 0.831. The first-order chi connectivity index (χ1) is 9.58. The quantitative estimate of drug-likeness (QED) is 0.683. The molecular formula is C13H10FN3O3. The van der Waals surface area contributed by atoms with Gasteiger partial charge in [-0.05, 0) is 19.1 Å². The number of benzene rings is 1. The van der Waals surface area contributed by atoms with Crippen molar-refractivity contribution >= 4 is 28.4 Å². The maximum Gasteiger partial charge on any atom is 0.372 e. The second kappa shape index (κ2) is 4.37. The predicted molar refractivity (Wildman–Crippen MR) is 69.7 cm³/mol. The van der Waals surface area contributed by atoms with Gasteiger partial charge in [0.05, 0.1) is 17.3 Å². The third kappa shape index (κ3) is 1.80. The lowest BCUT2D eigenvalue weighted by Gasteiger charge is -2.07. The summed E-state index contributed by atoms with van der Waals surface area (Å²) < 4.78 is 19.3. The number of nitrogens with zero attached hydrogens (tertiary/aromatic N) is 1. The molecule has 0 aliphatic heterocycles. The summed E-state index contributed by atoms with van der Waals surface area (Å²) in [5, 5.41) is 18.7. The molecule has 2 aromatic heterocycles. The van der Waals surface area contributed by atoms with Crippen molar-refractivity contribution in [2.24, 2.45) is 0 Å². The molecule has 0 unspecified atom stereocenters. The average molecular weight is 275 g/mol. The van der Waals surface area contributed by atoms with E-state index < -0.39 is 11.8 Å². The molecule has 0 atom stereocenters. The largest absolute Gasteiger partial charge is 0.475 e. The number of aryl methyl sites for hydroxylation is 1. The smallest absolute Gasteiger partial charge is 0.372 e. The third-order valence-corrected chi connectivity index (χ3v) is 3.00. The normalized spacial score (nSPS) is 10.9. The van der Waals surface area contributed by atoms with Crippen molar-refractivity contribution in [3.63, 3.8) is 0 Å². The number of hydrogen-bond acceptors (Lipinski definition) is 4. The number of aromatic nitrogens is 2. The zero-order valence-corrected chi connectivity index (χ0v) is 10.4. The lowest BCUT2D eigenvalue weighted by atomic mass is 10.1. The number of rotatable bonds is 3. The fraction of sp³-hybridized carbons (Fsp3) is 0.0769. The summed E-state index contributed by atoms with van der Waals surface area (Å²) in [6.45, 7) is 1.58. The minimum absolute atomic E-state index is 0.153. The van der Waals surface area contributed by atoms with Crippen LogP contribution in [-0.4, -0.2) is 21.3 Å². The molecule has 0 saturated carbocycles. The Hall–Kier alpha value is -2.83. The Labute approximate surface area is 112 Å². The first-order valence-electron chi connectivity index (χ1n) is 5.79. The van der Waals surface area contributed by atoms with Gasteiger partial charge in [-0.1, -0.05) is 0 Å². The third-order valence-electron chi connectivity index (χ3n) is 3.00. The Bertz CT molecular complexity index is 793. The Kier molecular flexibility index (Phi) is 2.67. The monoisotopic (exact) mass is 275 g/mol. The van der Waals surface area contributed by atoms with Gasteiger partial charge in [-0.3, -0.25) is 5.10 Å². The number of anilines is 2. The molecule has 0 fully saturated rings. The minimum Gasteiger partial charge on any atom is -0.475 e. The highest BCUT2D eigenvalue weighted by Crippen LogP contribution is 2.34. The van der Waals surface area contributed by atoms with E-state index in [2.05, 4.69) is 15.5 Å². The second-order valence-corrected chi connectivity index (χ2v) is 4.25. The van der Waals surface area contributed by atoms with Gasteiger partial charge in [-0.2, -0.15) is 5.10 Å². The summed E-state index contributed by atoms with van der Waals surface area (Å²) in [6, 6.07) is 4.25. The van der Waals surface area contributed by atoms with E-state index in [1.165, 1.54) is 18.3 Å². The van der Waals surface area contributed by atoms with Gasteiger partial charge in [0.2, 0.25) is 5.76 Å². The Morgan fingerprint density at radius 1 is 1.45 bits per heavy atom. The number of aromatic amines is 1. The van der Waals surface area contributed by atoms with Gasteiger partial charge in [-0.15, -0.1) is 0 Å². The van der Waals surface area contributed by atoms with E-state index in [0.29, 0.717) is 22.4 Å². The molecule has 7 heteroatoms. The molecular weight excluding hydrogens is 265 g/mol. The van der Waals surface area contributed by atoms with Crippen LogP contribution < -0.4 is 5.32 Å². The summed E-state index contributed by atoms with van der Waals surface area (Å²) in [6.07, 6.45) is 1.52. The molecule has 3 N–H and O–H groups in total. The SMILES string of the molecule is Cc1c(C(=O)O)oc2ccc(F)c(Nc3ccn[nH]3)c12. The van der Waals surface area contributed by atoms with Crippen LogP contribution in [0.1, 0.15) is 16.1 Å². The molecule has 1 aromatic carbocycles. The summed E-state index contributed by atoms with van der Waals surface area (Å²) in [5.74, 6) is -1.40. The number of fused-ring (bicyclic) bond motifs is 1. The highest BCUT2D eigenvalue weighted by atomic mass is 19.1. The Morgan fingerprint density at radius 2 is 2.25 bits per heavy atom. The molecule has 0 aliphatic rings. The van der Waals surface area contributed by atoms with Gasteiger partial charge in [0.15, 0.2) is 0 Å². The molecule has 0 spiro atoms. The van der Waals surface area contributed by atoms with E-state index in [0.717, 1.165) is 0 Å². The van der Waals surface area contributed by atoms with Gasteiger partial charge < -0.3 is 14.8 Å². The molecule has 2 heterocycles. The molecule has 6 nitrogen and oxygen atoms in total. The maximum absolute atomic E-state index is 14.0. The van der Waals surface area contributed by atoms with Crippen LogP contribution in [-0.2, 0) is 0 Å². The van der Waals surface area contributed by atoms with Crippen LogP contribution in [0.25, 0.3) is 11.0 Å². The van der Waals surface area contributed by atoms with Crippen molar-refractivity contribution in [3.05, 3.63) is 41.5 Å². The van der Waals surface area contributed by atoms with Gasteiger partial charge >= 0.3 is 5.97 Å². The fourth-order valence-corrected chi connectivity index (χ4v) is 2.10. The summed E-state index contributed by atoms with van der Waals surface area (Å²) in [4.78, 5) is 11.1. The van der Waals surface area contributed by atoms with Crippen LogP contribution >= 0.6 is 0 Å². The number of carbonyl (C=O) groups is 1. The lowest BCUT2D eigenvalue weighted by molar-refractivity contribution is 0.0664. The first kappa shape index (κ1) is 12.2. The predicted octanol–water partition coefficient (Wildman–Crippen LogP) is 3.05. The number of nitrogens with one attached hydrogen (secondary N) is 2. The zero-order valence-electron chi connectivity index (χ0n) is 10.4. The van der Waals surface area contributed by atoms with Crippen molar-refractivity contribution in [2.75, 3.05) is 5.32 Å². The van der Waals surface area contributed by atoms with E-state index in [-0.39, 0.29) is 11.4 Å². The summed E-state index contributed by atoms with van der Waals surface area (Å²) in [7, 11) is 0. The molecule has 0 bridgehead atoms. The minimum atomic E-state index is -1.19. The van der Waals surface area contributed by atoms with Crippen LogP contribution in [0.15, 0.2) is 28.8 Å². The van der Waals surface area contributed by atoms with Crippen LogP contribution in [0.5, 0.6) is 0 Å². The van der Waals surface area contributed by atoms with E-state index in [9.17, 15) is 9.18 Å². The van der Waals surface area contributed by atoms with Gasteiger partial charge in [0.1, 0.15) is 17.2 Å². The Balaban J connectivity index is 2.24. The molecule has 0 amide bonds. The second-order valence-electron chi connectivity index (χ2n) is 4.25. The van der Waals surface area contributed by atoms with Crippen LogP contribution in [0.2, 0.25) is 0 Å². The molecule has 3 rings (SSSR count). The molecule has 102 valence electrons. The molecule has 0 radical (unpaired) electrons. The van der Waals surface area contributed by atoms with Gasteiger partial charge in [0.25, 0.3) is 0 Å². The molecule has 0 aliphatic carbocycles. The van der Waals surface area contributed by atoms with Crippen LogP contribution in [0.4, 0.5) is 15.9 Å². The van der Waals surface area contributed by atoms with E-state index in [1.54, 1.807) is 13.0 Å². The van der Waals surface area contributed by atoms with E-state index in [4.69, 9.17) is 9.52 Å². The fourth-order valence-electron chi connectivity index (χ4n) is 2.10. The maximum atomic E-state index is 14.0. The van der Waals surface area contributed by atoms with Gasteiger partial charge in [0, 0.05) is 11.6 Å². The highest BCUT2D eigenvalue weighted by molar-refractivity contribution is 6.01. The average Bonchev–Trinajstić information content (AvgIpc) is 3.01. The van der Waals surface area contributed by atoms with Crippen molar-refractivity contribution in [2.45, 2.75) is 6.92 Å². The van der Waals surface area contributed by atoms with Crippen molar-refractivity contribution in [1.29, 1.82) is 0 Å². The van der Waals surface area contributed by atoms with Crippen molar-refractivity contribution in [3.8, 4) is 0 Å². The number of furan rings is 1. The molecule has 3 aromatic rings. The number of H-pyrrole nitrogens is 1. The van der Waals surface area contributed by atoms with Crippen molar-refractivity contribution < 1.29 is 18.7 Å². The highest BCUT2D eigenvalue weighted by Gasteiger charge is 2.21. The Morgan fingerprint density at radius 3 is 2.90 bits per heavy atom. The molecule has 20 heavy (non-hydrogen) atoms. The standard InChI is InChI=1S/C13H10FN3O3/c1-6-10-8(20-12(6)13(18)19)3-2-7(14)11(10)16-9-4-5-15-17-9/h2-5H,1H3,(H,18,19)(H2,15,16,17). The number of carboxylic acids is 1. The zero-order chi connectivity index (χ0) is 14.3. The number of aromatic carboxylic acids is 1.